The fourth-order valence-electron chi connectivity index (χ4n) is 2.60. The van der Waals surface area contributed by atoms with Gasteiger partial charge in [0, 0.05) is 6.04 Å². The lowest BCUT2D eigenvalue weighted by Gasteiger charge is -2.25. The molecular weight excluding hydrogens is 222 g/mol. The Kier molecular flexibility index (Phi) is 3.90. The maximum Gasteiger partial charge on any atom is 0.150 e. The number of hydrogen-bond acceptors (Lipinski definition) is 3. The monoisotopic (exact) mass is 245 g/mol. The molecule has 2 aliphatic rings. The lowest BCUT2D eigenvalue weighted by molar-refractivity contribution is 0.372. The third kappa shape index (κ3) is 3.45. The SMILES string of the molecule is CCC(NCC1CCS(=O)(=O)CC1)C1CC1. The van der Waals surface area contributed by atoms with Crippen molar-refractivity contribution < 1.29 is 8.42 Å². The van der Waals surface area contributed by atoms with E-state index in [1.807, 2.05) is 0 Å². The second-order valence-corrected chi connectivity index (χ2v) is 7.66. The van der Waals surface area contributed by atoms with Crippen molar-refractivity contribution in [2.45, 2.75) is 45.1 Å². The topological polar surface area (TPSA) is 46.2 Å². The molecule has 1 unspecified atom stereocenters. The largest absolute Gasteiger partial charge is 0.313 e. The van der Waals surface area contributed by atoms with E-state index in [0.29, 0.717) is 23.5 Å². The molecule has 0 aromatic carbocycles. The van der Waals surface area contributed by atoms with Gasteiger partial charge in [-0.1, -0.05) is 6.92 Å². The van der Waals surface area contributed by atoms with Crippen LogP contribution in [0.25, 0.3) is 0 Å². The number of sulfone groups is 1. The van der Waals surface area contributed by atoms with Gasteiger partial charge >= 0.3 is 0 Å². The van der Waals surface area contributed by atoms with Crippen molar-refractivity contribution in [1.29, 1.82) is 0 Å². The molecule has 0 spiro atoms. The van der Waals surface area contributed by atoms with Crippen molar-refractivity contribution in [3.8, 4) is 0 Å². The molecule has 0 radical (unpaired) electrons. The van der Waals surface area contributed by atoms with E-state index in [1.165, 1.54) is 19.3 Å². The summed E-state index contributed by atoms with van der Waals surface area (Å²) in [5.41, 5.74) is 0. The molecular formula is C12H23NO2S. The van der Waals surface area contributed by atoms with Crippen LogP contribution in [0.15, 0.2) is 0 Å². The van der Waals surface area contributed by atoms with E-state index in [2.05, 4.69) is 12.2 Å². The molecule has 1 aliphatic heterocycles. The highest BCUT2D eigenvalue weighted by atomic mass is 32.2. The Morgan fingerprint density at radius 2 is 1.81 bits per heavy atom. The third-order valence-electron chi connectivity index (χ3n) is 3.97. The molecule has 1 heterocycles. The fourth-order valence-corrected chi connectivity index (χ4v) is 4.19. The molecule has 4 heteroatoms. The average molecular weight is 245 g/mol. The number of rotatable bonds is 5. The van der Waals surface area contributed by atoms with Crippen LogP contribution in [0, 0.1) is 11.8 Å². The van der Waals surface area contributed by atoms with Crippen LogP contribution in [-0.2, 0) is 9.84 Å². The van der Waals surface area contributed by atoms with E-state index >= 15 is 0 Å². The van der Waals surface area contributed by atoms with Gasteiger partial charge in [-0.25, -0.2) is 8.42 Å². The molecule has 1 saturated carbocycles. The molecule has 1 aliphatic carbocycles. The van der Waals surface area contributed by atoms with Crippen LogP contribution in [0.3, 0.4) is 0 Å². The van der Waals surface area contributed by atoms with E-state index in [1.54, 1.807) is 0 Å². The van der Waals surface area contributed by atoms with Gasteiger partial charge in [0.2, 0.25) is 0 Å². The molecule has 94 valence electrons. The van der Waals surface area contributed by atoms with Crippen LogP contribution in [-0.4, -0.2) is 32.5 Å². The zero-order valence-electron chi connectivity index (χ0n) is 10.1. The Morgan fingerprint density at radius 3 is 2.31 bits per heavy atom. The minimum atomic E-state index is -2.69. The Hall–Kier alpha value is -0.0900. The molecule has 0 bridgehead atoms. The average Bonchev–Trinajstić information content (AvgIpc) is 3.05. The van der Waals surface area contributed by atoms with E-state index in [4.69, 9.17) is 0 Å². The quantitative estimate of drug-likeness (QED) is 0.800. The highest BCUT2D eigenvalue weighted by molar-refractivity contribution is 7.91. The van der Waals surface area contributed by atoms with Crippen LogP contribution < -0.4 is 5.32 Å². The number of nitrogens with one attached hydrogen (secondary N) is 1. The minimum Gasteiger partial charge on any atom is -0.313 e. The zero-order chi connectivity index (χ0) is 11.6. The van der Waals surface area contributed by atoms with Gasteiger partial charge in [0.05, 0.1) is 11.5 Å². The van der Waals surface area contributed by atoms with Gasteiger partial charge < -0.3 is 5.32 Å². The Labute approximate surface area is 98.9 Å². The van der Waals surface area contributed by atoms with E-state index in [0.717, 1.165) is 25.3 Å². The normalized spacial score (nSPS) is 27.8. The Morgan fingerprint density at radius 1 is 1.19 bits per heavy atom. The van der Waals surface area contributed by atoms with Crippen molar-refractivity contribution in [2.75, 3.05) is 18.1 Å². The highest BCUT2D eigenvalue weighted by Gasteiger charge is 2.30. The van der Waals surface area contributed by atoms with Crippen LogP contribution in [0.2, 0.25) is 0 Å². The van der Waals surface area contributed by atoms with Gasteiger partial charge in [-0.15, -0.1) is 0 Å². The summed E-state index contributed by atoms with van der Waals surface area (Å²) in [5.74, 6) is 2.28. The molecule has 3 nitrogen and oxygen atoms in total. The van der Waals surface area contributed by atoms with Gasteiger partial charge in [-0.05, 0) is 50.5 Å². The fraction of sp³-hybridized carbons (Fsp3) is 1.00. The van der Waals surface area contributed by atoms with Gasteiger partial charge in [0.1, 0.15) is 9.84 Å². The van der Waals surface area contributed by atoms with Crippen molar-refractivity contribution in [3.05, 3.63) is 0 Å². The van der Waals surface area contributed by atoms with Crippen molar-refractivity contribution in [1.82, 2.24) is 5.32 Å². The minimum absolute atomic E-state index is 0.402. The maximum atomic E-state index is 11.3. The van der Waals surface area contributed by atoms with Crippen LogP contribution in [0.5, 0.6) is 0 Å². The molecule has 0 aromatic heterocycles. The van der Waals surface area contributed by atoms with E-state index in [-0.39, 0.29) is 0 Å². The smallest absolute Gasteiger partial charge is 0.150 e. The predicted molar refractivity (Wildman–Crippen MR) is 66.2 cm³/mol. The summed E-state index contributed by atoms with van der Waals surface area (Å²) in [5, 5.41) is 3.63. The molecule has 16 heavy (non-hydrogen) atoms. The first-order valence-electron chi connectivity index (χ1n) is 6.54. The molecule has 0 aromatic rings. The van der Waals surface area contributed by atoms with Crippen molar-refractivity contribution >= 4 is 9.84 Å². The zero-order valence-corrected chi connectivity index (χ0v) is 10.9. The second kappa shape index (κ2) is 5.05. The maximum absolute atomic E-state index is 11.3. The molecule has 0 amide bonds. The summed E-state index contributed by atoms with van der Waals surface area (Å²) < 4.78 is 22.6. The summed E-state index contributed by atoms with van der Waals surface area (Å²) in [6.45, 7) is 3.26. The van der Waals surface area contributed by atoms with Crippen LogP contribution >= 0.6 is 0 Å². The summed E-state index contributed by atoms with van der Waals surface area (Å²) in [6.07, 6.45) is 5.68. The molecule has 2 fully saturated rings. The van der Waals surface area contributed by atoms with Crippen molar-refractivity contribution in [2.24, 2.45) is 11.8 Å². The molecule has 2 rings (SSSR count). The van der Waals surface area contributed by atoms with Gasteiger partial charge in [0.25, 0.3) is 0 Å². The van der Waals surface area contributed by atoms with E-state index < -0.39 is 9.84 Å². The summed E-state index contributed by atoms with van der Waals surface area (Å²) in [6, 6.07) is 0.679. The molecule has 1 N–H and O–H groups in total. The lowest BCUT2D eigenvalue weighted by Crippen LogP contribution is -2.37. The van der Waals surface area contributed by atoms with E-state index in [9.17, 15) is 8.42 Å². The van der Waals surface area contributed by atoms with Crippen LogP contribution in [0.1, 0.15) is 39.0 Å². The Bertz CT molecular complexity index is 308. The van der Waals surface area contributed by atoms with Gasteiger partial charge in [-0.2, -0.15) is 0 Å². The third-order valence-corrected chi connectivity index (χ3v) is 5.69. The first-order chi connectivity index (χ1) is 7.61. The van der Waals surface area contributed by atoms with Gasteiger partial charge in [-0.3, -0.25) is 0 Å². The summed E-state index contributed by atoms with van der Waals surface area (Å²) >= 11 is 0. The Balaban J connectivity index is 1.70. The summed E-state index contributed by atoms with van der Waals surface area (Å²) in [4.78, 5) is 0. The second-order valence-electron chi connectivity index (χ2n) is 5.36. The first-order valence-corrected chi connectivity index (χ1v) is 8.36. The van der Waals surface area contributed by atoms with Gasteiger partial charge in [0.15, 0.2) is 0 Å². The molecule has 1 saturated heterocycles. The lowest BCUT2D eigenvalue weighted by atomic mass is 10.0. The van der Waals surface area contributed by atoms with Crippen LogP contribution in [0.4, 0.5) is 0 Å². The summed E-state index contributed by atoms with van der Waals surface area (Å²) in [7, 11) is -2.69. The number of hydrogen-bond donors (Lipinski definition) is 1. The van der Waals surface area contributed by atoms with Crippen molar-refractivity contribution in [3.63, 3.8) is 0 Å². The first kappa shape index (κ1) is 12.4. The molecule has 1 atom stereocenters. The predicted octanol–water partition coefficient (Wildman–Crippen LogP) is 1.59. The standard InChI is InChI=1S/C12H23NO2S/c1-2-12(11-3-4-11)13-9-10-5-7-16(14,15)8-6-10/h10-13H,2-9H2,1H3. The highest BCUT2D eigenvalue weighted by Crippen LogP contribution is 2.34.